The summed E-state index contributed by atoms with van der Waals surface area (Å²) >= 11 is 0. The van der Waals surface area contributed by atoms with Crippen LogP contribution >= 0.6 is 0 Å². The Balaban J connectivity index is 1.81. The summed E-state index contributed by atoms with van der Waals surface area (Å²) in [5, 5.41) is 16.4. The maximum Gasteiger partial charge on any atom is 0.270 e. The predicted molar refractivity (Wildman–Crippen MR) is 107 cm³/mol. The monoisotopic (exact) mass is 395 g/mol. The molecule has 1 aliphatic rings. The van der Waals surface area contributed by atoms with E-state index in [2.05, 4.69) is 10.6 Å². The molecule has 0 aromatic heterocycles. The number of non-ortho nitro benzene ring substituents is 1. The van der Waals surface area contributed by atoms with E-state index < -0.39 is 16.7 Å². The van der Waals surface area contributed by atoms with Crippen LogP contribution in [0.3, 0.4) is 0 Å². The number of carbonyl (C=O) groups is 2. The van der Waals surface area contributed by atoms with Crippen molar-refractivity contribution in [2.45, 2.75) is 18.9 Å². The Morgan fingerprint density at radius 2 is 1.97 bits per heavy atom. The molecule has 0 spiro atoms. The highest BCUT2D eigenvalue weighted by Crippen LogP contribution is 2.16. The fourth-order valence-electron chi connectivity index (χ4n) is 2.94. The van der Waals surface area contributed by atoms with Gasteiger partial charge in [-0.25, -0.2) is 0 Å². The zero-order valence-electron chi connectivity index (χ0n) is 15.7. The maximum atomic E-state index is 12.7. The Kier molecular flexibility index (Phi) is 6.70. The molecule has 1 heterocycles. The molecule has 1 atom stereocenters. The van der Waals surface area contributed by atoms with Crippen molar-refractivity contribution in [3.8, 4) is 0 Å². The highest BCUT2D eigenvalue weighted by molar-refractivity contribution is 6.05. The molecule has 0 saturated carbocycles. The van der Waals surface area contributed by atoms with Crippen molar-refractivity contribution >= 4 is 23.6 Å². The number of rotatable bonds is 7. The molecule has 1 saturated heterocycles. The molecule has 3 rings (SSSR count). The second kappa shape index (κ2) is 9.61. The van der Waals surface area contributed by atoms with Crippen molar-refractivity contribution in [3.63, 3.8) is 0 Å². The quantitative estimate of drug-likeness (QED) is 0.425. The number of carbonyl (C=O) groups excluding carboxylic acids is 2. The number of hydrogen-bond acceptors (Lipinski definition) is 5. The lowest BCUT2D eigenvalue weighted by atomic mass is 10.1. The zero-order valence-corrected chi connectivity index (χ0v) is 15.7. The van der Waals surface area contributed by atoms with Gasteiger partial charge in [0, 0.05) is 30.8 Å². The molecule has 2 aromatic carbocycles. The highest BCUT2D eigenvalue weighted by atomic mass is 16.6. The van der Waals surface area contributed by atoms with Crippen LogP contribution in [0, 0.1) is 10.1 Å². The van der Waals surface area contributed by atoms with Gasteiger partial charge in [-0.1, -0.05) is 30.3 Å². The lowest BCUT2D eigenvalue weighted by Gasteiger charge is -2.14. The van der Waals surface area contributed by atoms with E-state index in [9.17, 15) is 19.7 Å². The number of nitro groups is 1. The molecule has 2 aromatic rings. The largest absolute Gasteiger partial charge is 0.376 e. The van der Waals surface area contributed by atoms with E-state index in [4.69, 9.17) is 4.74 Å². The van der Waals surface area contributed by atoms with Crippen LogP contribution in [-0.4, -0.2) is 36.0 Å². The summed E-state index contributed by atoms with van der Waals surface area (Å²) in [6.07, 6.45) is 3.17. The Bertz CT molecular complexity index is 921. The molecule has 29 heavy (non-hydrogen) atoms. The third-order valence-electron chi connectivity index (χ3n) is 4.44. The zero-order chi connectivity index (χ0) is 20.6. The number of hydrogen-bond donors (Lipinski definition) is 2. The maximum absolute atomic E-state index is 12.7. The van der Waals surface area contributed by atoms with Gasteiger partial charge in [0.1, 0.15) is 5.70 Å². The minimum atomic E-state index is -0.517. The Labute approximate surface area is 167 Å². The fraction of sp³-hybridized carbons (Fsp3) is 0.238. The van der Waals surface area contributed by atoms with Crippen molar-refractivity contribution in [1.82, 2.24) is 10.6 Å². The molecule has 0 bridgehead atoms. The third kappa shape index (κ3) is 5.73. The number of nitrogens with one attached hydrogen (secondary N) is 2. The summed E-state index contributed by atoms with van der Waals surface area (Å²) in [5.74, 6) is -0.939. The standard InChI is InChI=1S/C21H21N3O5/c25-20(16-7-2-1-3-8-16)23-19(21(26)22-14-18-10-5-11-29-18)13-15-6-4-9-17(12-15)24(27)28/h1-4,6-9,12-13,18H,5,10-11,14H2,(H,22,26)(H,23,25)/b19-13+/t18-/m0/s1. The van der Waals surface area contributed by atoms with Crippen LogP contribution in [0.5, 0.6) is 0 Å². The van der Waals surface area contributed by atoms with Gasteiger partial charge in [0.2, 0.25) is 0 Å². The van der Waals surface area contributed by atoms with Crippen molar-refractivity contribution < 1.29 is 19.2 Å². The molecule has 1 aliphatic heterocycles. The summed E-state index contributed by atoms with van der Waals surface area (Å²) < 4.78 is 5.50. The molecule has 2 amide bonds. The number of benzene rings is 2. The normalized spacial score (nSPS) is 16.3. The average molecular weight is 395 g/mol. The van der Waals surface area contributed by atoms with E-state index in [1.807, 2.05) is 0 Å². The van der Waals surface area contributed by atoms with Crippen molar-refractivity contribution in [3.05, 3.63) is 81.5 Å². The number of amides is 2. The van der Waals surface area contributed by atoms with Gasteiger partial charge in [-0.2, -0.15) is 0 Å². The van der Waals surface area contributed by atoms with Crippen LogP contribution in [-0.2, 0) is 9.53 Å². The first-order valence-electron chi connectivity index (χ1n) is 9.25. The van der Waals surface area contributed by atoms with E-state index in [1.165, 1.54) is 24.3 Å². The summed E-state index contributed by atoms with van der Waals surface area (Å²) in [6, 6.07) is 14.3. The van der Waals surface area contributed by atoms with Crippen LogP contribution in [0.2, 0.25) is 0 Å². The van der Waals surface area contributed by atoms with Gasteiger partial charge in [-0.3, -0.25) is 19.7 Å². The van der Waals surface area contributed by atoms with Crippen LogP contribution < -0.4 is 10.6 Å². The van der Waals surface area contributed by atoms with Crippen LogP contribution in [0.25, 0.3) is 6.08 Å². The van der Waals surface area contributed by atoms with E-state index >= 15 is 0 Å². The molecular weight excluding hydrogens is 374 g/mol. The molecule has 2 N–H and O–H groups in total. The minimum absolute atomic E-state index is 0.00246. The van der Waals surface area contributed by atoms with Gasteiger partial charge in [-0.05, 0) is 36.6 Å². The van der Waals surface area contributed by atoms with Gasteiger partial charge >= 0.3 is 0 Å². The molecule has 1 fully saturated rings. The smallest absolute Gasteiger partial charge is 0.270 e. The third-order valence-corrected chi connectivity index (χ3v) is 4.44. The lowest BCUT2D eigenvalue weighted by molar-refractivity contribution is -0.384. The van der Waals surface area contributed by atoms with Gasteiger partial charge in [0.25, 0.3) is 17.5 Å². The van der Waals surface area contributed by atoms with Crippen molar-refractivity contribution in [2.75, 3.05) is 13.2 Å². The van der Waals surface area contributed by atoms with Crippen LogP contribution in [0.1, 0.15) is 28.8 Å². The number of nitro benzene ring substituents is 1. The molecule has 0 unspecified atom stereocenters. The Hall–Kier alpha value is -3.52. The topological polar surface area (TPSA) is 111 Å². The van der Waals surface area contributed by atoms with E-state index in [-0.39, 0.29) is 17.5 Å². The van der Waals surface area contributed by atoms with Crippen molar-refractivity contribution in [2.24, 2.45) is 0 Å². The molecule has 8 heteroatoms. The minimum Gasteiger partial charge on any atom is -0.376 e. The fourth-order valence-corrected chi connectivity index (χ4v) is 2.94. The van der Waals surface area contributed by atoms with E-state index in [0.29, 0.717) is 24.3 Å². The summed E-state index contributed by atoms with van der Waals surface area (Å²) in [4.78, 5) is 35.7. The van der Waals surface area contributed by atoms with Gasteiger partial charge in [0.05, 0.1) is 11.0 Å². The molecule has 0 radical (unpaired) electrons. The first-order valence-corrected chi connectivity index (χ1v) is 9.25. The average Bonchev–Trinajstić information content (AvgIpc) is 3.26. The summed E-state index contributed by atoms with van der Waals surface area (Å²) in [6.45, 7) is 0.994. The van der Waals surface area contributed by atoms with Gasteiger partial charge in [-0.15, -0.1) is 0 Å². The summed E-state index contributed by atoms with van der Waals surface area (Å²) in [5.41, 5.74) is 0.712. The SMILES string of the molecule is O=C(NC[C@@H]1CCCO1)/C(=C\c1cccc([N+](=O)[O-])c1)NC(=O)c1ccccc1. The van der Waals surface area contributed by atoms with E-state index in [0.717, 1.165) is 12.8 Å². The molecule has 0 aliphatic carbocycles. The second-order valence-corrected chi connectivity index (χ2v) is 6.58. The van der Waals surface area contributed by atoms with Crippen LogP contribution in [0.4, 0.5) is 5.69 Å². The van der Waals surface area contributed by atoms with Gasteiger partial charge in [0.15, 0.2) is 0 Å². The number of nitrogens with zero attached hydrogens (tertiary/aromatic N) is 1. The summed E-state index contributed by atoms with van der Waals surface area (Å²) in [7, 11) is 0. The first kappa shape index (κ1) is 20.2. The van der Waals surface area contributed by atoms with Crippen LogP contribution in [0.15, 0.2) is 60.3 Å². The molecule has 150 valence electrons. The molecule has 8 nitrogen and oxygen atoms in total. The second-order valence-electron chi connectivity index (χ2n) is 6.58. The van der Waals surface area contributed by atoms with Gasteiger partial charge < -0.3 is 15.4 Å². The predicted octanol–water partition coefficient (Wildman–Crippen LogP) is 2.66. The number of ether oxygens (including phenoxy) is 1. The Morgan fingerprint density at radius 1 is 1.17 bits per heavy atom. The molecular formula is C21H21N3O5. The lowest BCUT2D eigenvalue weighted by Crippen LogP contribution is -2.38. The van der Waals surface area contributed by atoms with E-state index in [1.54, 1.807) is 36.4 Å². The van der Waals surface area contributed by atoms with Crippen molar-refractivity contribution in [1.29, 1.82) is 0 Å². The Morgan fingerprint density at radius 3 is 2.66 bits per heavy atom. The highest BCUT2D eigenvalue weighted by Gasteiger charge is 2.19. The first-order chi connectivity index (χ1) is 14.0.